The monoisotopic (exact) mass is 393 g/mol. The van der Waals surface area contributed by atoms with E-state index in [0.717, 1.165) is 35.3 Å². The summed E-state index contributed by atoms with van der Waals surface area (Å²) in [6, 6.07) is 14.1. The van der Waals surface area contributed by atoms with Gasteiger partial charge in [0.1, 0.15) is 17.8 Å². The first-order chi connectivity index (χ1) is 14.0. The van der Waals surface area contributed by atoms with Crippen LogP contribution in [0.4, 0.5) is 10.5 Å². The van der Waals surface area contributed by atoms with Gasteiger partial charge in [-0.15, -0.1) is 0 Å². The lowest BCUT2D eigenvalue weighted by Gasteiger charge is -2.27. The van der Waals surface area contributed by atoms with Gasteiger partial charge in [-0.25, -0.2) is 4.79 Å². The number of carbonyl (C=O) groups is 3. The number of amides is 4. The lowest BCUT2D eigenvalue weighted by molar-refractivity contribution is -0.134. The van der Waals surface area contributed by atoms with Gasteiger partial charge < -0.3 is 15.4 Å². The van der Waals surface area contributed by atoms with E-state index in [4.69, 9.17) is 4.74 Å². The smallest absolute Gasteiger partial charge is 0.325 e. The van der Waals surface area contributed by atoms with Crippen LogP contribution in [0.5, 0.6) is 5.75 Å². The minimum absolute atomic E-state index is 0.341. The van der Waals surface area contributed by atoms with Gasteiger partial charge in [-0.2, -0.15) is 0 Å². The van der Waals surface area contributed by atoms with Gasteiger partial charge in [0.05, 0.1) is 7.11 Å². The van der Waals surface area contributed by atoms with Crippen molar-refractivity contribution in [1.82, 2.24) is 10.2 Å². The summed E-state index contributed by atoms with van der Waals surface area (Å²) in [6.07, 6.45) is 3.18. The fourth-order valence-electron chi connectivity index (χ4n) is 4.16. The Balaban J connectivity index is 1.55. The van der Waals surface area contributed by atoms with Crippen molar-refractivity contribution < 1.29 is 19.1 Å². The summed E-state index contributed by atoms with van der Waals surface area (Å²) in [7, 11) is 1.54. The first-order valence-electron chi connectivity index (χ1n) is 9.70. The van der Waals surface area contributed by atoms with Crippen molar-refractivity contribution in [1.29, 1.82) is 0 Å². The number of aryl methyl sites for hydroxylation is 1. The fraction of sp³-hybridized carbons (Fsp3) is 0.318. The number of hydrogen-bond donors (Lipinski definition) is 2. The molecular weight excluding hydrogens is 370 g/mol. The Morgan fingerprint density at radius 2 is 2.00 bits per heavy atom. The maximum absolute atomic E-state index is 13.3. The molecule has 1 aliphatic carbocycles. The quantitative estimate of drug-likeness (QED) is 0.782. The van der Waals surface area contributed by atoms with Crippen LogP contribution in [0.25, 0.3) is 0 Å². The molecule has 0 saturated carbocycles. The van der Waals surface area contributed by atoms with Crippen LogP contribution in [0, 0.1) is 0 Å². The standard InChI is InChI=1S/C22H23N3O4/c1-29-17-10-6-9-16(13-17)23-19(26)14-25-20(27)22(24-21(25)28)12-5-4-8-15-7-2-3-11-18(15)22/h2-3,6-7,9-11,13H,4-5,8,12,14H2,1H3,(H,23,26)(H,24,28)/t22-/m0/s1. The molecule has 4 rings (SSSR count). The van der Waals surface area contributed by atoms with E-state index in [1.165, 1.54) is 7.11 Å². The van der Waals surface area contributed by atoms with E-state index in [9.17, 15) is 14.4 Å². The van der Waals surface area contributed by atoms with E-state index < -0.39 is 17.5 Å². The van der Waals surface area contributed by atoms with Gasteiger partial charge in [-0.3, -0.25) is 14.5 Å². The van der Waals surface area contributed by atoms with Gasteiger partial charge in [0.15, 0.2) is 0 Å². The molecule has 0 aromatic heterocycles. The second-order valence-corrected chi connectivity index (χ2v) is 7.37. The highest BCUT2D eigenvalue weighted by Crippen LogP contribution is 2.38. The molecule has 0 radical (unpaired) electrons. The first kappa shape index (κ1) is 19.0. The maximum atomic E-state index is 13.3. The van der Waals surface area contributed by atoms with Crippen LogP contribution < -0.4 is 15.4 Å². The molecule has 2 aliphatic rings. The maximum Gasteiger partial charge on any atom is 0.325 e. The SMILES string of the molecule is COc1cccc(NC(=O)CN2C(=O)N[C@]3(CCCCc4ccccc43)C2=O)c1. The minimum atomic E-state index is -1.08. The van der Waals surface area contributed by atoms with Crippen molar-refractivity contribution >= 4 is 23.5 Å². The highest BCUT2D eigenvalue weighted by atomic mass is 16.5. The number of benzene rings is 2. The third-order valence-electron chi connectivity index (χ3n) is 5.56. The molecule has 29 heavy (non-hydrogen) atoms. The van der Waals surface area contributed by atoms with Crippen LogP contribution >= 0.6 is 0 Å². The Kier molecular flexibility index (Phi) is 4.96. The average molecular weight is 393 g/mol. The molecule has 2 aromatic carbocycles. The highest BCUT2D eigenvalue weighted by Gasteiger charge is 2.53. The molecule has 1 aliphatic heterocycles. The zero-order valence-corrected chi connectivity index (χ0v) is 16.2. The third-order valence-corrected chi connectivity index (χ3v) is 5.56. The lowest BCUT2D eigenvalue weighted by Crippen LogP contribution is -2.44. The third kappa shape index (κ3) is 3.44. The molecule has 0 bridgehead atoms. The Labute approximate surface area is 169 Å². The summed E-state index contributed by atoms with van der Waals surface area (Å²) < 4.78 is 5.14. The number of methoxy groups -OCH3 is 1. The molecule has 150 valence electrons. The molecular formula is C22H23N3O4. The fourth-order valence-corrected chi connectivity index (χ4v) is 4.16. The Morgan fingerprint density at radius 3 is 2.83 bits per heavy atom. The van der Waals surface area contributed by atoms with Crippen molar-refractivity contribution in [2.75, 3.05) is 19.0 Å². The number of ether oxygens (including phenoxy) is 1. The number of rotatable bonds is 4. The molecule has 4 amide bonds. The van der Waals surface area contributed by atoms with Crippen LogP contribution in [0.2, 0.25) is 0 Å². The highest BCUT2D eigenvalue weighted by molar-refractivity contribution is 6.10. The van der Waals surface area contributed by atoms with Crippen LogP contribution in [0.3, 0.4) is 0 Å². The number of carbonyl (C=O) groups excluding carboxylic acids is 3. The van der Waals surface area contributed by atoms with Gasteiger partial charge >= 0.3 is 6.03 Å². The number of imide groups is 1. The Morgan fingerprint density at radius 1 is 1.17 bits per heavy atom. The predicted molar refractivity (Wildman–Crippen MR) is 108 cm³/mol. The normalized spacial score (nSPS) is 20.8. The number of anilines is 1. The van der Waals surface area contributed by atoms with Gasteiger partial charge in [-0.1, -0.05) is 30.3 Å². The summed E-state index contributed by atoms with van der Waals surface area (Å²) in [5.41, 5.74) is 1.37. The van der Waals surface area contributed by atoms with Crippen LogP contribution in [-0.2, 0) is 21.5 Å². The molecule has 1 saturated heterocycles. The van der Waals surface area contributed by atoms with Gasteiger partial charge in [0.25, 0.3) is 5.91 Å². The predicted octanol–water partition coefficient (Wildman–Crippen LogP) is 2.81. The van der Waals surface area contributed by atoms with Crippen LogP contribution in [0.15, 0.2) is 48.5 Å². The Bertz CT molecular complexity index is 974. The summed E-state index contributed by atoms with van der Waals surface area (Å²) >= 11 is 0. The molecule has 7 heteroatoms. The van der Waals surface area contributed by atoms with Crippen molar-refractivity contribution in [3.8, 4) is 5.75 Å². The van der Waals surface area contributed by atoms with Crippen molar-refractivity contribution in [3.05, 3.63) is 59.7 Å². The molecule has 1 atom stereocenters. The van der Waals surface area contributed by atoms with Crippen molar-refractivity contribution in [2.45, 2.75) is 31.2 Å². The average Bonchev–Trinajstić information content (AvgIpc) is 2.86. The van der Waals surface area contributed by atoms with Gasteiger partial charge in [0, 0.05) is 11.8 Å². The number of nitrogens with one attached hydrogen (secondary N) is 2. The van der Waals surface area contributed by atoms with Crippen molar-refractivity contribution in [2.24, 2.45) is 0 Å². The molecule has 1 fully saturated rings. The molecule has 7 nitrogen and oxygen atoms in total. The molecule has 2 aromatic rings. The minimum Gasteiger partial charge on any atom is -0.497 e. The topological polar surface area (TPSA) is 87.7 Å². The van der Waals surface area contributed by atoms with Crippen LogP contribution in [0.1, 0.15) is 30.4 Å². The van der Waals surface area contributed by atoms with E-state index in [-0.39, 0.29) is 12.5 Å². The number of urea groups is 1. The zero-order valence-electron chi connectivity index (χ0n) is 16.2. The molecule has 1 spiro atoms. The molecule has 1 heterocycles. The molecule has 2 N–H and O–H groups in total. The lowest BCUT2D eigenvalue weighted by atomic mass is 9.84. The zero-order chi connectivity index (χ0) is 20.4. The summed E-state index contributed by atoms with van der Waals surface area (Å²) in [4.78, 5) is 39.5. The number of nitrogens with zero attached hydrogens (tertiary/aromatic N) is 1. The Hall–Kier alpha value is -3.35. The second kappa shape index (κ2) is 7.58. The van der Waals surface area contributed by atoms with Crippen LogP contribution in [-0.4, -0.2) is 36.4 Å². The molecule has 0 unspecified atom stereocenters. The summed E-state index contributed by atoms with van der Waals surface area (Å²) in [6.45, 7) is -0.341. The van der Waals surface area contributed by atoms with E-state index in [0.29, 0.717) is 17.9 Å². The van der Waals surface area contributed by atoms with Crippen molar-refractivity contribution in [3.63, 3.8) is 0 Å². The second-order valence-electron chi connectivity index (χ2n) is 7.37. The van der Waals surface area contributed by atoms with Gasteiger partial charge in [-0.05, 0) is 48.9 Å². The van der Waals surface area contributed by atoms with E-state index >= 15 is 0 Å². The van der Waals surface area contributed by atoms with E-state index in [2.05, 4.69) is 10.6 Å². The summed E-state index contributed by atoms with van der Waals surface area (Å²) in [5.74, 6) is -0.204. The number of fused-ring (bicyclic) bond motifs is 2. The van der Waals surface area contributed by atoms with E-state index in [1.807, 2.05) is 24.3 Å². The largest absolute Gasteiger partial charge is 0.497 e. The summed E-state index contributed by atoms with van der Waals surface area (Å²) in [5, 5.41) is 5.60. The van der Waals surface area contributed by atoms with E-state index in [1.54, 1.807) is 24.3 Å². The van der Waals surface area contributed by atoms with Gasteiger partial charge in [0.2, 0.25) is 5.91 Å². The number of hydrogen-bond acceptors (Lipinski definition) is 4. The first-order valence-corrected chi connectivity index (χ1v) is 9.70.